The van der Waals surface area contributed by atoms with E-state index < -0.39 is 5.60 Å². The number of nitrogens with one attached hydrogen (secondary N) is 1. The SMILES string of the molecule is CC(C)c1c[nH]c2cc(Cl)c(C3=CCN(C(=O)OC(C)(C)C)CC3)cc12. The zero-order valence-corrected chi connectivity index (χ0v) is 16.9. The third-order valence-electron chi connectivity index (χ3n) is 4.63. The molecule has 140 valence electrons. The summed E-state index contributed by atoms with van der Waals surface area (Å²) in [5.74, 6) is 0.445. The summed E-state index contributed by atoms with van der Waals surface area (Å²) in [6.07, 6.45) is 4.66. The highest BCUT2D eigenvalue weighted by atomic mass is 35.5. The molecule has 0 fully saturated rings. The number of ether oxygens (including phenoxy) is 1. The molecule has 0 saturated heterocycles. The van der Waals surface area contributed by atoms with Crippen molar-refractivity contribution in [2.75, 3.05) is 13.1 Å². The van der Waals surface area contributed by atoms with Gasteiger partial charge in [0.1, 0.15) is 5.60 Å². The zero-order chi connectivity index (χ0) is 19.1. The van der Waals surface area contributed by atoms with Gasteiger partial charge in [0.05, 0.1) is 5.02 Å². The Labute approximate surface area is 160 Å². The first-order valence-electron chi connectivity index (χ1n) is 9.13. The molecule has 5 heteroatoms. The summed E-state index contributed by atoms with van der Waals surface area (Å²) in [7, 11) is 0. The number of benzene rings is 1. The van der Waals surface area contributed by atoms with E-state index in [9.17, 15) is 4.79 Å². The summed E-state index contributed by atoms with van der Waals surface area (Å²) in [5, 5.41) is 1.96. The Bertz CT molecular complexity index is 859. The predicted octanol–water partition coefficient (Wildman–Crippen LogP) is 5.97. The quantitative estimate of drug-likeness (QED) is 0.703. The number of aromatic amines is 1. The summed E-state index contributed by atoms with van der Waals surface area (Å²) < 4.78 is 5.46. The van der Waals surface area contributed by atoms with E-state index >= 15 is 0 Å². The fraction of sp³-hybridized carbons (Fsp3) is 0.476. The van der Waals surface area contributed by atoms with Crippen molar-refractivity contribution >= 4 is 34.2 Å². The van der Waals surface area contributed by atoms with Crippen LogP contribution in [0.25, 0.3) is 16.5 Å². The smallest absolute Gasteiger partial charge is 0.410 e. The minimum Gasteiger partial charge on any atom is -0.444 e. The van der Waals surface area contributed by atoms with E-state index in [1.807, 2.05) is 26.8 Å². The van der Waals surface area contributed by atoms with Gasteiger partial charge in [0.15, 0.2) is 0 Å². The Morgan fingerprint density at radius 2 is 2.04 bits per heavy atom. The average Bonchev–Trinajstić information content (AvgIpc) is 2.95. The van der Waals surface area contributed by atoms with Crippen LogP contribution in [0.1, 0.15) is 58.1 Å². The molecular weight excluding hydrogens is 348 g/mol. The summed E-state index contributed by atoms with van der Waals surface area (Å²) in [5.41, 5.74) is 4.13. The summed E-state index contributed by atoms with van der Waals surface area (Å²) in [6.45, 7) is 11.2. The van der Waals surface area contributed by atoms with Crippen molar-refractivity contribution in [1.29, 1.82) is 0 Å². The van der Waals surface area contributed by atoms with Crippen molar-refractivity contribution in [3.63, 3.8) is 0 Å². The van der Waals surface area contributed by atoms with E-state index in [-0.39, 0.29) is 6.09 Å². The number of fused-ring (bicyclic) bond motifs is 1. The second-order valence-electron chi connectivity index (χ2n) is 8.18. The van der Waals surface area contributed by atoms with E-state index in [0.717, 1.165) is 22.5 Å². The number of hydrogen-bond acceptors (Lipinski definition) is 2. The fourth-order valence-corrected chi connectivity index (χ4v) is 3.58. The van der Waals surface area contributed by atoms with E-state index in [2.05, 4.69) is 37.2 Å². The van der Waals surface area contributed by atoms with Gasteiger partial charge in [-0.05, 0) is 61.9 Å². The van der Waals surface area contributed by atoms with Crippen molar-refractivity contribution in [2.24, 2.45) is 0 Å². The first-order valence-corrected chi connectivity index (χ1v) is 9.51. The lowest BCUT2D eigenvalue weighted by atomic mass is 9.95. The van der Waals surface area contributed by atoms with Gasteiger partial charge >= 0.3 is 6.09 Å². The molecule has 2 heterocycles. The van der Waals surface area contributed by atoms with Gasteiger partial charge < -0.3 is 14.6 Å². The van der Waals surface area contributed by atoms with Crippen LogP contribution in [0.2, 0.25) is 5.02 Å². The number of nitrogens with zero attached hydrogens (tertiary/aromatic N) is 1. The maximum atomic E-state index is 12.2. The number of halogens is 1. The number of rotatable bonds is 2. The molecule has 1 aliphatic rings. The Hall–Kier alpha value is -1.94. The molecule has 0 aliphatic carbocycles. The third-order valence-corrected chi connectivity index (χ3v) is 4.94. The average molecular weight is 375 g/mol. The topological polar surface area (TPSA) is 45.3 Å². The predicted molar refractivity (Wildman–Crippen MR) is 108 cm³/mol. The third kappa shape index (κ3) is 3.90. The lowest BCUT2D eigenvalue weighted by Crippen LogP contribution is -2.39. The molecule has 0 radical (unpaired) electrons. The zero-order valence-electron chi connectivity index (χ0n) is 16.1. The Morgan fingerprint density at radius 1 is 1.31 bits per heavy atom. The molecule has 0 saturated carbocycles. The molecule has 26 heavy (non-hydrogen) atoms. The van der Waals surface area contributed by atoms with Gasteiger partial charge in [0, 0.05) is 30.2 Å². The second-order valence-corrected chi connectivity index (χ2v) is 8.59. The summed E-state index contributed by atoms with van der Waals surface area (Å²) >= 11 is 6.55. The van der Waals surface area contributed by atoms with Crippen LogP contribution in [-0.2, 0) is 4.74 Å². The van der Waals surface area contributed by atoms with Crippen LogP contribution in [0, 0.1) is 0 Å². The molecule has 2 aromatic rings. The Balaban J connectivity index is 1.85. The minimum atomic E-state index is -0.475. The fourth-order valence-electron chi connectivity index (χ4n) is 3.29. The lowest BCUT2D eigenvalue weighted by molar-refractivity contribution is 0.0270. The number of carbonyl (C=O) groups excluding carboxylic acids is 1. The van der Waals surface area contributed by atoms with Gasteiger partial charge in [-0.25, -0.2) is 4.79 Å². The van der Waals surface area contributed by atoms with Crippen LogP contribution >= 0.6 is 11.6 Å². The molecule has 1 N–H and O–H groups in total. The highest BCUT2D eigenvalue weighted by molar-refractivity contribution is 6.33. The molecule has 4 nitrogen and oxygen atoms in total. The molecule has 1 aliphatic heterocycles. The first-order chi connectivity index (χ1) is 12.2. The molecule has 0 bridgehead atoms. The lowest BCUT2D eigenvalue weighted by Gasteiger charge is -2.29. The molecule has 0 spiro atoms. The van der Waals surface area contributed by atoms with Crippen molar-refractivity contribution in [2.45, 2.75) is 52.6 Å². The maximum absolute atomic E-state index is 12.2. The monoisotopic (exact) mass is 374 g/mol. The molecule has 1 aromatic heterocycles. The molecular formula is C21H27ClN2O2. The maximum Gasteiger partial charge on any atom is 0.410 e. The van der Waals surface area contributed by atoms with Gasteiger partial charge in [0.25, 0.3) is 0 Å². The van der Waals surface area contributed by atoms with Gasteiger partial charge in [-0.1, -0.05) is 31.5 Å². The van der Waals surface area contributed by atoms with Crippen molar-refractivity contribution < 1.29 is 9.53 Å². The van der Waals surface area contributed by atoms with Crippen LogP contribution in [-0.4, -0.2) is 34.7 Å². The Morgan fingerprint density at radius 3 is 2.62 bits per heavy atom. The molecule has 1 amide bonds. The van der Waals surface area contributed by atoms with E-state index in [4.69, 9.17) is 16.3 Å². The van der Waals surface area contributed by atoms with Crippen LogP contribution in [0.5, 0.6) is 0 Å². The number of H-pyrrole nitrogens is 1. The molecule has 1 aromatic carbocycles. The van der Waals surface area contributed by atoms with Gasteiger partial charge in [-0.3, -0.25) is 0 Å². The van der Waals surface area contributed by atoms with E-state index in [0.29, 0.717) is 19.0 Å². The van der Waals surface area contributed by atoms with Gasteiger partial charge in [-0.15, -0.1) is 0 Å². The highest BCUT2D eigenvalue weighted by Crippen LogP contribution is 2.35. The van der Waals surface area contributed by atoms with Crippen LogP contribution in [0.3, 0.4) is 0 Å². The van der Waals surface area contributed by atoms with Crippen molar-refractivity contribution in [3.8, 4) is 0 Å². The van der Waals surface area contributed by atoms with Crippen LogP contribution in [0.15, 0.2) is 24.4 Å². The molecule has 3 rings (SSSR count). The minimum absolute atomic E-state index is 0.262. The van der Waals surface area contributed by atoms with Crippen molar-refractivity contribution in [1.82, 2.24) is 9.88 Å². The largest absolute Gasteiger partial charge is 0.444 e. The van der Waals surface area contributed by atoms with Crippen molar-refractivity contribution in [3.05, 3.63) is 40.6 Å². The summed E-state index contributed by atoms with van der Waals surface area (Å²) in [4.78, 5) is 17.3. The standard InChI is InChI=1S/C21H27ClN2O2/c1-13(2)17-12-23-19-11-18(22)15(10-16(17)19)14-6-8-24(9-7-14)20(25)26-21(3,4)5/h6,10-13,23H,7-9H2,1-5H3. The number of amides is 1. The Kier molecular flexibility index (Phi) is 5.07. The van der Waals surface area contributed by atoms with Crippen LogP contribution in [0.4, 0.5) is 4.79 Å². The number of aromatic nitrogens is 1. The normalized spacial score (nSPS) is 15.5. The molecule has 0 unspecified atom stereocenters. The van der Waals surface area contributed by atoms with E-state index in [1.165, 1.54) is 16.5 Å². The van der Waals surface area contributed by atoms with E-state index in [1.54, 1.807) is 4.90 Å². The number of carbonyl (C=O) groups is 1. The number of hydrogen-bond donors (Lipinski definition) is 1. The van der Waals surface area contributed by atoms with Crippen LogP contribution < -0.4 is 0 Å². The first kappa shape index (κ1) is 18.8. The summed E-state index contributed by atoms with van der Waals surface area (Å²) in [6, 6.07) is 4.18. The van der Waals surface area contributed by atoms with Gasteiger partial charge in [-0.2, -0.15) is 0 Å². The molecule has 0 atom stereocenters. The second kappa shape index (κ2) is 6.99. The van der Waals surface area contributed by atoms with Gasteiger partial charge in [0.2, 0.25) is 0 Å². The highest BCUT2D eigenvalue weighted by Gasteiger charge is 2.24.